The summed E-state index contributed by atoms with van der Waals surface area (Å²) in [5, 5.41) is 0. The molecule has 1 aromatic rings. The Bertz CT molecular complexity index is 313. The molecular weight excluding hydrogens is 299 g/mol. The summed E-state index contributed by atoms with van der Waals surface area (Å²) in [5.41, 5.74) is 1.14. The maximum absolute atomic E-state index is 5.82. The molecule has 0 aromatic heterocycles. The summed E-state index contributed by atoms with van der Waals surface area (Å²) < 4.78 is 6.33. The molecule has 84 valence electrons. The number of methoxy groups -OCH3 is 1. The minimum absolute atomic E-state index is 0.288. The SMILES string of the molecule is COc1ccc(Br)cc1CC(CCl)CCl. The van der Waals surface area contributed by atoms with Gasteiger partial charge in [-0.2, -0.15) is 0 Å². The van der Waals surface area contributed by atoms with Crippen LogP contribution in [-0.2, 0) is 6.42 Å². The Balaban J connectivity index is 2.86. The number of halogens is 3. The summed E-state index contributed by atoms with van der Waals surface area (Å²) in [7, 11) is 1.67. The van der Waals surface area contributed by atoms with Crippen LogP contribution >= 0.6 is 39.1 Å². The van der Waals surface area contributed by atoms with E-state index < -0.39 is 0 Å². The number of hydrogen-bond acceptors (Lipinski definition) is 1. The van der Waals surface area contributed by atoms with E-state index in [1.807, 2.05) is 18.2 Å². The summed E-state index contributed by atoms with van der Waals surface area (Å²) >= 11 is 15.1. The standard InChI is InChI=1S/C11H13BrCl2O/c1-15-11-3-2-10(12)5-9(11)4-8(6-13)7-14/h2-3,5,8H,4,6-7H2,1H3. The zero-order valence-electron chi connectivity index (χ0n) is 8.47. The van der Waals surface area contributed by atoms with E-state index in [1.54, 1.807) is 7.11 Å². The molecule has 0 aliphatic heterocycles. The molecule has 0 bridgehead atoms. The zero-order chi connectivity index (χ0) is 11.3. The van der Waals surface area contributed by atoms with Crippen LogP contribution in [0.15, 0.2) is 22.7 Å². The second-order valence-corrected chi connectivity index (χ2v) is 4.87. The molecule has 4 heteroatoms. The first-order chi connectivity index (χ1) is 7.21. The Morgan fingerprint density at radius 3 is 2.53 bits per heavy atom. The Morgan fingerprint density at radius 2 is 2.00 bits per heavy atom. The van der Waals surface area contributed by atoms with Crippen LogP contribution in [0.25, 0.3) is 0 Å². The van der Waals surface area contributed by atoms with Crippen molar-refractivity contribution < 1.29 is 4.74 Å². The predicted octanol–water partition coefficient (Wildman–Crippen LogP) is 4.09. The van der Waals surface area contributed by atoms with Gasteiger partial charge in [0.05, 0.1) is 7.11 Å². The molecule has 15 heavy (non-hydrogen) atoms. The Labute approximate surface area is 109 Å². The summed E-state index contributed by atoms with van der Waals surface area (Å²) in [6.45, 7) is 0. The topological polar surface area (TPSA) is 9.23 Å². The smallest absolute Gasteiger partial charge is 0.122 e. The fourth-order valence-electron chi connectivity index (χ4n) is 1.37. The van der Waals surface area contributed by atoms with Gasteiger partial charge < -0.3 is 4.74 Å². The second kappa shape index (κ2) is 6.62. The van der Waals surface area contributed by atoms with Gasteiger partial charge in [-0.05, 0) is 36.1 Å². The Hall–Kier alpha value is 0.0800. The molecule has 1 rings (SSSR count). The number of benzene rings is 1. The fourth-order valence-corrected chi connectivity index (χ4v) is 2.32. The van der Waals surface area contributed by atoms with E-state index in [1.165, 1.54) is 0 Å². The van der Waals surface area contributed by atoms with Crippen molar-refractivity contribution in [1.29, 1.82) is 0 Å². The van der Waals surface area contributed by atoms with Gasteiger partial charge in [-0.25, -0.2) is 0 Å². The van der Waals surface area contributed by atoms with Crippen LogP contribution in [0.4, 0.5) is 0 Å². The third kappa shape index (κ3) is 3.86. The third-order valence-corrected chi connectivity index (χ3v) is 3.55. The van der Waals surface area contributed by atoms with E-state index in [4.69, 9.17) is 27.9 Å². The maximum atomic E-state index is 5.82. The van der Waals surface area contributed by atoms with Gasteiger partial charge in [0.2, 0.25) is 0 Å². The molecule has 0 saturated heterocycles. The van der Waals surface area contributed by atoms with Crippen molar-refractivity contribution in [3.05, 3.63) is 28.2 Å². The second-order valence-electron chi connectivity index (χ2n) is 3.33. The van der Waals surface area contributed by atoms with Gasteiger partial charge in [-0.15, -0.1) is 23.2 Å². The van der Waals surface area contributed by atoms with Crippen LogP contribution in [-0.4, -0.2) is 18.9 Å². The monoisotopic (exact) mass is 310 g/mol. The molecule has 0 aliphatic carbocycles. The van der Waals surface area contributed by atoms with Gasteiger partial charge in [-0.1, -0.05) is 15.9 Å². The van der Waals surface area contributed by atoms with Gasteiger partial charge in [-0.3, -0.25) is 0 Å². The van der Waals surface area contributed by atoms with Gasteiger partial charge in [0.25, 0.3) is 0 Å². The van der Waals surface area contributed by atoms with Crippen LogP contribution in [0.5, 0.6) is 5.75 Å². The van der Waals surface area contributed by atoms with Crippen molar-refractivity contribution in [3.63, 3.8) is 0 Å². The van der Waals surface area contributed by atoms with Gasteiger partial charge >= 0.3 is 0 Å². The molecule has 0 N–H and O–H groups in total. The summed E-state index contributed by atoms with van der Waals surface area (Å²) in [5.74, 6) is 2.31. The first kappa shape index (κ1) is 13.1. The van der Waals surface area contributed by atoms with Crippen molar-refractivity contribution >= 4 is 39.1 Å². The molecule has 0 fully saturated rings. The van der Waals surface area contributed by atoms with Crippen LogP contribution in [0.3, 0.4) is 0 Å². The highest BCUT2D eigenvalue weighted by Crippen LogP contribution is 2.26. The van der Waals surface area contributed by atoms with Gasteiger partial charge in [0.15, 0.2) is 0 Å². The van der Waals surface area contributed by atoms with Crippen LogP contribution in [0.2, 0.25) is 0 Å². The average Bonchev–Trinajstić information content (AvgIpc) is 2.26. The van der Waals surface area contributed by atoms with E-state index in [0.29, 0.717) is 11.8 Å². The van der Waals surface area contributed by atoms with Crippen LogP contribution in [0, 0.1) is 5.92 Å². The Morgan fingerprint density at radius 1 is 1.33 bits per heavy atom. The minimum Gasteiger partial charge on any atom is -0.496 e. The van der Waals surface area contributed by atoms with Crippen LogP contribution in [0.1, 0.15) is 5.56 Å². The molecule has 0 amide bonds. The normalized spacial score (nSPS) is 10.7. The lowest BCUT2D eigenvalue weighted by Crippen LogP contribution is -2.09. The average molecular weight is 312 g/mol. The molecule has 1 nitrogen and oxygen atoms in total. The van der Waals surface area contributed by atoms with E-state index in [9.17, 15) is 0 Å². The molecular formula is C11H13BrCl2O. The van der Waals surface area contributed by atoms with Crippen molar-refractivity contribution in [2.75, 3.05) is 18.9 Å². The molecule has 0 heterocycles. The van der Waals surface area contributed by atoms with E-state index in [0.717, 1.165) is 22.2 Å². The minimum atomic E-state index is 0.288. The highest BCUT2D eigenvalue weighted by Gasteiger charge is 2.11. The highest BCUT2D eigenvalue weighted by atomic mass is 79.9. The van der Waals surface area contributed by atoms with Gasteiger partial charge in [0, 0.05) is 16.2 Å². The van der Waals surface area contributed by atoms with Crippen LogP contribution < -0.4 is 4.74 Å². The lowest BCUT2D eigenvalue weighted by Gasteiger charge is -2.13. The van der Waals surface area contributed by atoms with Gasteiger partial charge in [0.1, 0.15) is 5.75 Å². The van der Waals surface area contributed by atoms with E-state index in [2.05, 4.69) is 15.9 Å². The predicted molar refractivity (Wildman–Crippen MR) is 69.3 cm³/mol. The summed E-state index contributed by atoms with van der Waals surface area (Å²) in [6.07, 6.45) is 0.843. The molecule has 0 radical (unpaired) electrons. The molecule has 0 aliphatic rings. The first-order valence-corrected chi connectivity index (χ1v) is 6.51. The zero-order valence-corrected chi connectivity index (χ0v) is 11.6. The molecule has 0 saturated carbocycles. The lowest BCUT2D eigenvalue weighted by atomic mass is 10.0. The molecule has 0 atom stereocenters. The molecule has 0 spiro atoms. The van der Waals surface area contributed by atoms with Crippen molar-refractivity contribution in [2.24, 2.45) is 5.92 Å². The Kier molecular flexibility index (Phi) is 5.80. The number of alkyl halides is 2. The molecule has 0 unspecified atom stereocenters. The van der Waals surface area contributed by atoms with E-state index in [-0.39, 0.29) is 5.92 Å². The quantitative estimate of drug-likeness (QED) is 0.744. The maximum Gasteiger partial charge on any atom is 0.122 e. The first-order valence-electron chi connectivity index (χ1n) is 4.65. The van der Waals surface area contributed by atoms with Crippen molar-refractivity contribution in [3.8, 4) is 5.75 Å². The largest absolute Gasteiger partial charge is 0.496 e. The summed E-state index contributed by atoms with van der Waals surface area (Å²) in [6, 6.07) is 5.95. The molecule has 1 aromatic carbocycles. The highest BCUT2D eigenvalue weighted by molar-refractivity contribution is 9.10. The third-order valence-electron chi connectivity index (χ3n) is 2.19. The number of hydrogen-bond donors (Lipinski definition) is 0. The lowest BCUT2D eigenvalue weighted by molar-refractivity contribution is 0.407. The van der Waals surface area contributed by atoms with Crippen molar-refractivity contribution in [1.82, 2.24) is 0 Å². The van der Waals surface area contributed by atoms with E-state index >= 15 is 0 Å². The summed E-state index contributed by atoms with van der Waals surface area (Å²) in [4.78, 5) is 0. The van der Waals surface area contributed by atoms with Crippen molar-refractivity contribution in [2.45, 2.75) is 6.42 Å². The fraction of sp³-hybridized carbons (Fsp3) is 0.455. The number of rotatable bonds is 5. The number of ether oxygens (including phenoxy) is 1.